The molecule has 20 heavy (non-hydrogen) atoms. The Morgan fingerprint density at radius 3 is 2.70 bits per heavy atom. The number of carbonyl (C=O) groups is 1. The average molecular weight is 268 g/mol. The van der Waals surface area contributed by atoms with Crippen molar-refractivity contribution in [3.8, 4) is 6.07 Å². The van der Waals surface area contributed by atoms with Crippen molar-refractivity contribution in [1.29, 1.82) is 5.26 Å². The highest BCUT2D eigenvalue weighted by Gasteiger charge is 2.10. The van der Waals surface area contributed by atoms with Gasteiger partial charge in [0.15, 0.2) is 0 Å². The molecule has 102 valence electrons. The molecule has 0 aliphatic carbocycles. The van der Waals surface area contributed by atoms with Gasteiger partial charge in [0.25, 0.3) is 5.91 Å². The first-order chi connectivity index (χ1) is 9.63. The first-order valence-corrected chi connectivity index (χ1v) is 6.50. The Labute approximate surface area is 117 Å². The van der Waals surface area contributed by atoms with Crippen LogP contribution in [0.1, 0.15) is 35.0 Å². The maximum Gasteiger partial charge on any atom is 0.256 e. The van der Waals surface area contributed by atoms with E-state index in [4.69, 9.17) is 5.26 Å². The van der Waals surface area contributed by atoms with Crippen LogP contribution in [0.5, 0.6) is 0 Å². The lowest BCUT2D eigenvalue weighted by Gasteiger charge is -2.07. The van der Waals surface area contributed by atoms with Gasteiger partial charge >= 0.3 is 0 Å². The van der Waals surface area contributed by atoms with Crippen LogP contribution in [0.3, 0.4) is 0 Å². The number of nitrogens with zero attached hydrogens (tertiary/aromatic N) is 3. The molecule has 0 saturated carbocycles. The molecule has 2 aromatic rings. The summed E-state index contributed by atoms with van der Waals surface area (Å²) in [5.74, 6) is 0.491. The third-order valence-corrected chi connectivity index (χ3v) is 2.86. The number of aromatic nitrogens is 2. The third-order valence-electron chi connectivity index (χ3n) is 2.86. The first kappa shape index (κ1) is 13.8. The van der Waals surface area contributed by atoms with Gasteiger partial charge in [-0.25, -0.2) is 4.68 Å². The number of anilines is 1. The molecular formula is C15H16N4O. The molecule has 1 N–H and O–H groups in total. The van der Waals surface area contributed by atoms with Crippen molar-refractivity contribution in [2.45, 2.75) is 26.8 Å². The average Bonchev–Trinajstić information content (AvgIpc) is 2.79. The van der Waals surface area contributed by atoms with Gasteiger partial charge in [-0.3, -0.25) is 4.79 Å². The topological polar surface area (TPSA) is 70.7 Å². The fraction of sp³-hybridized carbons (Fsp3) is 0.267. The summed E-state index contributed by atoms with van der Waals surface area (Å²) < 4.78 is 1.79. The number of carbonyl (C=O) groups excluding carboxylic acids is 1. The standard InChI is InChI=1S/C15H16N4O/c1-3-8-19-14(9-11(2)18-19)17-15(20)13-6-4-12(10-16)5-7-13/h4-7,9H,3,8H2,1-2H3,(H,17,20). The molecule has 1 heterocycles. The maximum absolute atomic E-state index is 12.1. The van der Waals surface area contributed by atoms with Gasteiger partial charge < -0.3 is 5.32 Å². The van der Waals surface area contributed by atoms with Crippen LogP contribution in [0, 0.1) is 18.3 Å². The largest absolute Gasteiger partial charge is 0.307 e. The molecule has 0 bridgehead atoms. The molecule has 0 radical (unpaired) electrons. The van der Waals surface area contributed by atoms with E-state index in [0.29, 0.717) is 16.9 Å². The highest BCUT2D eigenvalue weighted by atomic mass is 16.1. The first-order valence-electron chi connectivity index (χ1n) is 6.50. The van der Waals surface area contributed by atoms with Crippen molar-refractivity contribution in [1.82, 2.24) is 9.78 Å². The van der Waals surface area contributed by atoms with Crippen LogP contribution in [0.25, 0.3) is 0 Å². The minimum absolute atomic E-state index is 0.202. The van der Waals surface area contributed by atoms with E-state index in [9.17, 15) is 4.79 Å². The molecule has 0 aliphatic heterocycles. The Morgan fingerprint density at radius 1 is 1.40 bits per heavy atom. The second-order valence-electron chi connectivity index (χ2n) is 4.54. The van der Waals surface area contributed by atoms with Gasteiger partial charge in [0.05, 0.1) is 17.3 Å². The van der Waals surface area contributed by atoms with E-state index < -0.39 is 0 Å². The summed E-state index contributed by atoms with van der Waals surface area (Å²) in [5, 5.41) is 15.9. The van der Waals surface area contributed by atoms with Crippen molar-refractivity contribution >= 4 is 11.7 Å². The molecule has 0 fully saturated rings. The van der Waals surface area contributed by atoms with Gasteiger partial charge in [-0.05, 0) is 37.6 Å². The van der Waals surface area contributed by atoms with Crippen molar-refractivity contribution in [2.24, 2.45) is 0 Å². The third kappa shape index (κ3) is 3.04. The van der Waals surface area contributed by atoms with Gasteiger partial charge in [-0.15, -0.1) is 0 Å². The fourth-order valence-corrected chi connectivity index (χ4v) is 1.91. The summed E-state index contributed by atoms with van der Waals surface area (Å²) in [5.41, 5.74) is 1.92. The Balaban J connectivity index is 2.16. The zero-order chi connectivity index (χ0) is 14.5. The molecule has 2 rings (SSSR count). The summed E-state index contributed by atoms with van der Waals surface area (Å²) in [7, 11) is 0. The molecule has 5 heteroatoms. The molecule has 0 unspecified atom stereocenters. The van der Waals surface area contributed by atoms with Crippen LogP contribution in [-0.4, -0.2) is 15.7 Å². The van der Waals surface area contributed by atoms with E-state index in [1.54, 1.807) is 28.9 Å². The van der Waals surface area contributed by atoms with E-state index in [2.05, 4.69) is 17.3 Å². The van der Waals surface area contributed by atoms with Crippen LogP contribution >= 0.6 is 0 Å². The van der Waals surface area contributed by atoms with E-state index >= 15 is 0 Å². The number of hydrogen-bond acceptors (Lipinski definition) is 3. The smallest absolute Gasteiger partial charge is 0.256 e. The Kier molecular flexibility index (Phi) is 4.16. The minimum Gasteiger partial charge on any atom is -0.307 e. The van der Waals surface area contributed by atoms with Crippen LogP contribution in [0.2, 0.25) is 0 Å². The predicted octanol–water partition coefficient (Wildman–Crippen LogP) is 2.73. The van der Waals surface area contributed by atoms with Crippen LogP contribution < -0.4 is 5.32 Å². The predicted molar refractivity (Wildman–Crippen MR) is 76.4 cm³/mol. The number of nitriles is 1. The Hall–Kier alpha value is -2.61. The molecule has 1 aromatic carbocycles. The molecular weight excluding hydrogens is 252 g/mol. The van der Waals surface area contributed by atoms with Gasteiger partial charge in [0, 0.05) is 18.2 Å². The molecule has 0 atom stereocenters. The zero-order valence-corrected chi connectivity index (χ0v) is 11.6. The highest BCUT2D eigenvalue weighted by Crippen LogP contribution is 2.13. The number of rotatable bonds is 4. The summed E-state index contributed by atoms with van der Waals surface area (Å²) in [6, 6.07) is 10.4. The monoisotopic (exact) mass is 268 g/mol. The quantitative estimate of drug-likeness (QED) is 0.926. The lowest BCUT2D eigenvalue weighted by molar-refractivity contribution is 0.102. The maximum atomic E-state index is 12.1. The minimum atomic E-state index is -0.202. The van der Waals surface area contributed by atoms with E-state index in [0.717, 1.165) is 18.7 Å². The summed E-state index contributed by atoms with van der Waals surface area (Å²) in [6.45, 7) is 4.71. The number of hydrogen-bond donors (Lipinski definition) is 1. The van der Waals surface area contributed by atoms with E-state index in [1.165, 1.54) is 0 Å². The van der Waals surface area contributed by atoms with Gasteiger partial charge in [0.1, 0.15) is 5.82 Å². The second kappa shape index (κ2) is 6.02. The highest BCUT2D eigenvalue weighted by molar-refractivity contribution is 6.03. The molecule has 0 saturated heterocycles. The fourth-order valence-electron chi connectivity index (χ4n) is 1.91. The lowest BCUT2D eigenvalue weighted by Crippen LogP contribution is -2.15. The number of benzene rings is 1. The molecule has 0 spiro atoms. The van der Waals surface area contributed by atoms with Crippen molar-refractivity contribution in [3.05, 3.63) is 47.2 Å². The number of amides is 1. The molecule has 1 aromatic heterocycles. The summed E-state index contributed by atoms with van der Waals surface area (Å²) >= 11 is 0. The number of nitrogens with one attached hydrogen (secondary N) is 1. The van der Waals surface area contributed by atoms with Crippen LogP contribution in [0.4, 0.5) is 5.82 Å². The van der Waals surface area contributed by atoms with Crippen LogP contribution in [0.15, 0.2) is 30.3 Å². The Bertz CT molecular complexity index is 650. The van der Waals surface area contributed by atoms with Crippen LogP contribution in [-0.2, 0) is 6.54 Å². The van der Waals surface area contributed by atoms with Crippen molar-refractivity contribution in [3.63, 3.8) is 0 Å². The molecule has 1 amide bonds. The van der Waals surface area contributed by atoms with Gasteiger partial charge in [-0.2, -0.15) is 10.4 Å². The SMILES string of the molecule is CCCn1nc(C)cc1NC(=O)c1ccc(C#N)cc1. The molecule has 0 aliphatic rings. The van der Waals surface area contributed by atoms with Gasteiger partial charge in [0.2, 0.25) is 0 Å². The zero-order valence-electron chi connectivity index (χ0n) is 11.6. The lowest BCUT2D eigenvalue weighted by atomic mass is 10.1. The second-order valence-corrected chi connectivity index (χ2v) is 4.54. The normalized spacial score (nSPS) is 10.1. The number of aryl methyl sites for hydroxylation is 2. The van der Waals surface area contributed by atoms with E-state index in [1.807, 2.05) is 19.1 Å². The van der Waals surface area contributed by atoms with Gasteiger partial charge in [-0.1, -0.05) is 6.92 Å². The van der Waals surface area contributed by atoms with Crippen molar-refractivity contribution < 1.29 is 4.79 Å². The van der Waals surface area contributed by atoms with Crippen molar-refractivity contribution in [2.75, 3.05) is 5.32 Å². The molecule has 5 nitrogen and oxygen atoms in total. The summed E-state index contributed by atoms with van der Waals surface area (Å²) in [4.78, 5) is 12.1. The van der Waals surface area contributed by atoms with E-state index in [-0.39, 0.29) is 5.91 Å². The summed E-state index contributed by atoms with van der Waals surface area (Å²) in [6.07, 6.45) is 0.945. The Morgan fingerprint density at radius 2 is 2.10 bits per heavy atom.